The molecule has 0 radical (unpaired) electrons. The van der Waals surface area contributed by atoms with Gasteiger partial charge in [0.1, 0.15) is 10.6 Å². The van der Waals surface area contributed by atoms with Crippen molar-refractivity contribution in [3.05, 3.63) is 18.0 Å². The van der Waals surface area contributed by atoms with E-state index < -0.39 is 22.1 Å². The molecule has 3 heterocycles. The van der Waals surface area contributed by atoms with Crippen molar-refractivity contribution in [2.45, 2.75) is 48.8 Å². The van der Waals surface area contributed by atoms with Crippen LogP contribution in [0.15, 0.2) is 17.2 Å². The maximum absolute atomic E-state index is 12.8. The van der Waals surface area contributed by atoms with Crippen molar-refractivity contribution < 1.29 is 23.4 Å². The van der Waals surface area contributed by atoms with E-state index in [1.807, 2.05) is 0 Å². The van der Waals surface area contributed by atoms with Crippen molar-refractivity contribution in [2.75, 3.05) is 0 Å². The van der Waals surface area contributed by atoms with Gasteiger partial charge in [-0.1, -0.05) is 0 Å². The second-order valence-electron chi connectivity index (χ2n) is 5.82. The van der Waals surface area contributed by atoms with Crippen LogP contribution in [-0.2, 0) is 17.1 Å². The standard InChI is InChI=1S/C13H18N2O5S/c1-14-7-11(6-12(14)13(17)18)21(19,20)15-8-2-3-9(15)5-10(16)4-8/h6-10,16H,2-5H2,1H3,(H,17,18). The Morgan fingerprint density at radius 1 is 1.29 bits per heavy atom. The summed E-state index contributed by atoms with van der Waals surface area (Å²) < 4.78 is 28.3. The van der Waals surface area contributed by atoms with E-state index in [2.05, 4.69) is 0 Å². The number of aliphatic hydroxyl groups is 1. The molecule has 2 atom stereocenters. The SMILES string of the molecule is Cn1cc(S(=O)(=O)N2C3CCC2CC(O)C3)cc1C(=O)O. The lowest BCUT2D eigenvalue weighted by atomic mass is 10.0. The van der Waals surface area contributed by atoms with Crippen molar-refractivity contribution in [3.8, 4) is 0 Å². The summed E-state index contributed by atoms with van der Waals surface area (Å²) in [5.74, 6) is -1.16. The van der Waals surface area contributed by atoms with Gasteiger partial charge in [0.05, 0.1) is 6.10 Å². The van der Waals surface area contributed by atoms with Crippen molar-refractivity contribution in [2.24, 2.45) is 7.05 Å². The molecule has 8 heteroatoms. The summed E-state index contributed by atoms with van der Waals surface area (Å²) >= 11 is 0. The highest BCUT2D eigenvalue weighted by Gasteiger charge is 2.47. The summed E-state index contributed by atoms with van der Waals surface area (Å²) in [6, 6.07) is 0.830. The highest BCUT2D eigenvalue weighted by Crippen LogP contribution is 2.39. The first kappa shape index (κ1) is 14.6. The third-order valence-corrected chi connectivity index (χ3v) is 6.39. The second-order valence-corrected chi connectivity index (χ2v) is 7.67. The number of hydrogen-bond acceptors (Lipinski definition) is 4. The zero-order valence-corrected chi connectivity index (χ0v) is 12.5. The number of nitrogens with zero attached hydrogens (tertiary/aromatic N) is 2. The van der Waals surface area contributed by atoms with Gasteiger partial charge in [-0.25, -0.2) is 13.2 Å². The normalized spacial score (nSPS) is 29.7. The van der Waals surface area contributed by atoms with Crippen molar-refractivity contribution in [1.82, 2.24) is 8.87 Å². The Labute approximate surface area is 122 Å². The zero-order valence-electron chi connectivity index (χ0n) is 11.6. The molecule has 2 saturated heterocycles. The highest BCUT2D eigenvalue weighted by atomic mass is 32.2. The number of aliphatic hydroxyl groups excluding tert-OH is 1. The predicted molar refractivity (Wildman–Crippen MR) is 73.4 cm³/mol. The fourth-order valence-electron chi connectivity index (χ4n) is 3.51. The Balaban J connectivity index is 1.98. The van der Waals surface area contributed by atoms with Crippen LogP contribution in [0.4, 0.5) is 0 Å². The lowest BCUT2D eigenvalue weighted by Crippen LogP contribution is -2.47. The summed E-state index contributed by atoms with van der Waals surface area (Å²) in [6.07, 6.45) is 3.30. The Hall–Kier alpha value is -1.38. The second kappa shape index (κ2) is 4.82. The van der Waals surface area contributed by atoms with Gasteiger partial charge in [-0.3, -0.25) is 0 Å². The van der Waals surface area contributed by atoms with Crippen molar-refractivity contribution >= 4 is 16.0 Å². The van der Waals surface area contributed by atoms with Gasteiger partial charge < -0.3 is 14.8 Å². The van der Waals surface area contributed by atoms with E-state index in [-0.39, 0.29) is 22.7 Å². The molecule has 1 aromatic heterocycles. The van der Waals surface area contributed by atoms with Crippen LogP contribution in [0.1, 0.15) is 36.2 Å². The number of aromatic carboxylic acids is 1. The van der Waals surface area contributed by atoms with Gasteiger partial charge >= 0.3 is 5.97 Å². The molecule has 0 aliphatic carbocycles. The van der Waals surface area contributed by atoms with Crippen LogP contribution < -0.4 is 0 Å². The third kappa shape index (κ3) is 2.27. The molecule has 2 bridgehead atoms. The monoisotopic (exact) mass is 314 g/mol. The quantitative estimate of drug-likeness (QED) is 0.841. The van der Waals surface area contributed by atoms with E-state index in [1.54, 1.807) is 0 Å². The number of carboxylic acids is 1. The highest BCUT2D eigenvalue weighted by molar-refractivity contribution is 7.89. The molecular formula is C13H18N2O5S. The van der Waals surface area contributed by atoms with E-state index >= 15 is 0 Å². The smallest absolute Gasteiger partial charge is 0.352 e. The van der Waals surface area contributed by atoms with Crippen LogP contribution in [0.3, 0.4) is 0 Å². The maximum atomic E-state index is 12.8. The Morgan fingerprint density at radius 3 is 2.33 bits per heavy atom. The molecule has 116 valence electrons. The van der Waals surface area contributed by atoms with Gasteiger partial charge in [-0.05, 0) is 31.7 Å². The van der Waals surface area contributed by atoms with Gasteiger partial charge in [0.2, 0.25) is 10.0 Å². The zero-order chi connectivity index (χ0) is 15.4. The average molecular weight is 314 g/mol. The number of aryl methyl sites for hydroxylation is 1. The van der Waals surface area contributed by atoms with Gasteiger partial charge in [0, 0.05) is 25.3 Å². The molecule has 2 fully saturated rings. The summed E-state index contributed by atoms with van der Waals surface area (Å²) in [6.45, 7) is 0. The van der Waals surface area contributed by atoms with E-state index in [0.29, 0.717) is 12.8 Å². The molecular weight excluding hydrogens is 296 g/mol. The molecule has 0 spiro atoms. The van der Waals surface area contributed by atoms with E-state index in [9.17, 15) is 18.3 Å². The molecule has 21 heavy (non-hydrogen) atoms. The van der Waals surface area contributed by atoms with Crippen LogP contribution >= 0.6 is 0 Å². The fraction of sp³-hybridized carbons (Fsp3) is 0.615. The number of aromatic nitrogens is 1. The molecule has 1 aromatic rings. The third-order valence-electron chi connectivity index (χ3n) is 4.42. The van der Waals surface area contributed by atoms with Gasteiger partial charge in [0.15, 0.2) is 0 Å². The molecule has 0 saturated carbocycles. The summed E-state index contributed by atoms with van der Waals surface area (Å²) in [5, 5.41) is 18.8. The Bertz CT molecular complexity index is 667. The van der Waals surface area contributed by atoms with Gasteiger partial charge in [-0.2, -0.15) is 4.31 Å². The lowest BCUT2D eigenvalue weighted by Gasteiger charge is -2.35. The molecule has 3 rings (SSSR count). The molecule has 7 nitrogen and oxygen atoms in total. The van der Waals surface area contributed by atoms with Crippen LogP contribution in [0.5, 0.6) is 0 Å². The lowest BCUT2D eigenvalue weighted by molar-refractivity contribution is 0.0686. The topological polar surface area (TPSA) is 99.8 Å². The molecule has 0 aromatic carbocycles. The summed E-state index contributed by atoms with van der Waals surface area (Å²) in [5.41, 5.74) is -0.0574. The minimum Gasteiger partial charge on any atom is -0.477 e. The average Bonchev–Trinajstić information content (AvgIpc) is 2.90. The first-order valence-electron chi connectivity index (χ1n) is 6.92. The van der Waals surface area contributed by atoms with Crippen LogP contribution in [0.25, 0.3) is 0 Å². The Morgan fingerprint density at radius 2 is 1.86 bits per heavy atom. The van der Waals surface area contributed by atoms with Gasteiger partial charge in [0.25, 0.3) is 0 Å². The van der Waals surface area contributed by atoms with E-state index in [4.69, 9.17) is 5.11 Å². The minimum atomic E-state index is -3.72. The number of hydrogen-bond donors (Lipinski definition) is 2. The number of rotatable bonds is 3. The summed E-state index contributed by atoms with van der Waals surface area (Å²) in [7, 11) is -2.21. The fourth-order valence-corrected chi connectivity index (χ4v) is 5.47. The maximum Gasteiger partial charge on any atom is 0.352 e. The molecule has 2 N–H and O–H groups in total. The van der Waals surface area contributed by atoms with Crippen LogP contribution in [0, 0.1) is 0 Å². The van der Waals surface area contributed by atoms with Crippen LogP contribution in [-0.4, -0.2) is 51.7 Å². The molecule has 2 unspecified atom stereocenters. The van der Waals surface area contributed by atoms with Crippen molar-refractivity contribution in [3.63, 3.8) is 0 Å². The Kier molecular flexibility index (Phi) is 3.34. The van der Waals surface area contributed by atoms with E-state index in [1.165, 1.54) is 28.2 Å². The van der Waals surface area contributed by atoms with Crippen molar-refractivity contribution in [1.29, 1.82) is 0 Å². The van der Waals surface area contributed by atoms with Crippen LogP contribution in [0.2, 0.25) is 0 Å². The molecule has 0 amide bonds. The van der Waals surface area contributed by atoms with E-state index in [0.717, 1.165) is 12.8 Å². The number of piperidine rings is 1. The first-order chi connectivity index (χ1) is 9.80. The first-order valence-corrected chi connectivity index (χ1v) is 8.36. The summed E-state index contributed by atoms with van der Waals surface area (Å²) in [4.78, 5) is 11.1. The number of carbonyl (C=O) groups is 1. The predicted octanol–water partition coefficient (Wildman–Crippen LogP) is 0.400. The molecule has 2 aliphatic rings. The van der Waals surface area contributed by atoms with Gasteiger partial charge in [-0.15, -0.1) is 0 Å². The number of sulfonamides is 1. The minimum absolute atomic E-state index is 0.00990. The largest absolute Gasteiger partial charge is 0.477 e. The number of fused-ring (bicyclic) bond motifs is 2. The number of carboxylic acid groups (broad SMARTS) is 1. The molecule has 2 aliphatic heterocycles.